The van der Waals surface area contributed by atoms with Crippen molar-refractivity contribution in [2.24, 2.45) is 4.99 Å². The summed E-state index contributed by atoms with van der Waals surface area (Å²) < 4.78 is 1.84. The predicted octanol–water partition coefficient (Wildman–Crippen LogP) is 5.74. The summed E-state index contributed by atoms with van der Waals surface area (Å²) in [6, 6.07) is 27.8. The van der Waals surface area contributed by atoms with E-state index in [1.807, 2.05) is 109 Å². The van der Waals surface area contributed by atoms with Crippen LogP contribution < -0.4 is 5.32 Å². The third-order valence-electron chi connectivity index (χ3n) is 4.98. The highest BCUT2D eigenvalue weighted by atomic mass is 32.2. The lowest BCUT2D eigenvalue weighted by atomic mass is 10.1. The van der Waals surface area contributed by atoms with Gasteiger partial charge in [0, 0.05) is 17.3 Å². The van der Waals surface area contributed by atoms with Crippen LogP contribution in [-0.2, 0) is 4.79 Å². The van der Waals surface area contributed by atoms with Gasteiger partial charge in [-0.1, -0.05) is 60.7 Å². The minimum atomic E-state index is -0.159. The molecule has 0 aliphatic carbocycles. The fourth-order valence-electron chi connectivity index (χ4n) is 3.46. The number of benzene rings is 3. The molecule has 1 fully saturated rings. The molecule has 4 aromatic rings. The first-order valence-electron chi connectivity index (χ1n) is 10.2. The van der Waals surface area contributed by atoms with Crippen LogP contribution in [0.15, 0.2) is 101 Å². The van der Waals surface area contributed by atoms with Crippen molar-refractivity contribution in [3.8, 4) is 16.9 Å². The SMILES string of the molecule is Cc1cccc(N=C2NC(=O)/C(=C/c3cn(-c4ccccc4)nc3-c3ccccc3)S2)c1. The summed E-state index contributed by atoms with van der Waals surface area (Å²) in [6.07, 6.45) is 3.84. The first-order chi connectivity index (χ1) is 15.7. The van der Waals surface area contributed by atoms with E-state index in [0.29, 0.717) is 10.1 Å². The fraction of sp³-hybridized carbons (Fsp3) is 0.0385. The van der Waals surface area contributed by atoms with E-state index in [1.54, 1.807) is 0 Å². The summed E-state index contributed by atoms with van der Waals surface area (Å²) >= 11 is 1.34. The molecule has 0 radical (unpaired) electrons. The van der Waals surface area contributed by atoms with E-state index in [1.165, 1.54) is 11.8 Å². The molecule has 1 aliphatic heterocycles. The Morgan fingerprint density at radius 1 is 0.969 bits per heavy atom. The molecule has 0 atom stereocenters. The number of nitrogens with one attached hydrogen (secondary N) is 1. The van der Waals surface area contributed by atoms with Crippen LogP contribution in [0, 0.1) is 6.92 Å². The number of hydrogen-bond acceptors (Lipinski definition) is 4. The first kappa shape index (κ1) is 20.0. The largest absolute Gasteiger partial charge is 0.300 e. The molecule has 0 bridgehead atoms. The van der Waals surface area contributed by atoms with Crippen LogP contribution >= 0.6 is 11.8 Å². The summed E-state index contributed by atoms with van der Waals surface area (Å²) in [4.78, 5) is 17.8. The van der Waals surface area contributed by atoms with E-state index >= 15 is 0 Å². The summed E-state index contributed by atoms with van der Waals surface area (Å²) in [5.74, 6) is -0.159. The van der Waals surface area contributed by atoms with Crippen molar-refractivity contribution in [1.29, 1.82) is 0 Å². The molecule has 1 aliphatic rings. The van der Waals surface area contributed by atoms with Crippen LogP contribution in [0.4, 0.5) is 5.69 Å². The van der Waals surface area contributed by atoms with E-state index in [9.17, 15) is 4.79 Å². The molecule has 32 heavy (non-hydrogen) atoms. The molecular weight excluding hydrogens is 416 g/mol. The average molecular weight is 437 g/mol. The number of rotatable bonds is 4. The van der Waals surface area contributed by atoms with Gasteiger partial charge in [0.05, 0.1) is 22.0 Å². The summed E-state index contributed by atoms with van der Waals surface area (Å²) in [6.45, 7) is 2.02. The maximum Gasteiger partial charge on any atom is 0.264 e. The van der Waals surface area contributed by atoms with Crippen molar-refractivity contribution in [1.82, 2.24) is 15.1 Å². The summed E-state index contributed by atoms with van der Waals surface area (Å²) in [7, 11) is 0. The number of hydrogen-bond donors (Lipinski definition) is 1. The fourth-order valence-corrected chi connectivity index (χ4v) is 4.30. The lowest BCUT2D eigenvalue weighted by molar-refractivity contribution is -0.115. The van der Waals surface area contributed by atoms with Crippen molar-refractivity contribution in [3.63, 3.8) is 0 Å². The van der Waals surface area contributed by atoms with Gasteiger partial charge >= 0.3 is 0 Å². The lowest BCUT2D eigenvalue weighted by Gasteiger charge is -2.00. The minimum Gasteiger partial charge on any atom is -0.300 e. The number of amidine groups is 1. The Morgan fingerprint density at radius 2 is 1.72 bits per heavy atom. The first-order valence-corrected chi connectivity index (χ1v) is 11.0. The third-order valence-corrected chi connectivity index (χ3v) is 5.89. The number of amides is 1. The number of nitrogens with zero attached hydrogens (tertiary/aromatic N) is 3. The lowest BCUT2D eigenvalue weighted by Crippen LogP contribution is -2.19. The molecule has 156 valence electrons. The molecule has 0 unspecified atom stereocenters. The van der Waals surface area contributed by atoms with Gasteiger partial charge in [-0.05, 0) is 54.6 Å². The molecule has 2 heterocycles. The number of aromatic nitrogens is 2. The highest BCUT2D eigenvalue weighted by Gasteiger charge is 2.25. The maximum absolute atomic E-state index is 12.7. The number of carbonyl (C=O) groups is 1. The monoisotopic (exact) mass is 436 g/mol. The normalized spacial score (nSPS) is 16.0. The molecule has 1 saturated heterocycles. The second kappa shape index (κ2) is 8.69. The molecule has 0 spiro atoms. The van der Waals surface area contributed by atoms with Crippen LogP contribution in [0.2, 0.25) is 0 Å². The molecule has 6 heteroatoms. The van der Waals surface area contributed by atoms with Crippen molar-refractivity contribution >= 4 is 34.6 Å². The number of aryl methyl sites for hydroxylation is 1. The van der Waals surface area contributed by atoms with Gasteiger partial charge in [-0.2, -0.15) is 5.10 Å². The molecule has 1 amide bonds. The van der Waals surface area contributed by atoms with Crippen molar-refractivity contribution in [2.45, 2.75) is 6.92 Å². The van der Waals surface area contributed by atoms with Gasteiger partial charge in [0.2, 0.25) is 0 Å². The van der Waals surface area contributed by atoms with E-state index in [-0.39, 0.29) is 5.91 Å². The third kappa shape index (κ3) is 4.26. The summed E-state index contributed by atoms with van der Waals surface area (Å²) in [5.41, 5.74) is 5.58. The van der Waals surface area contributed by atoms with Crippen LogP contribution in [0.25, 0.3) is 23.0 Å². The van der Waals surface area contributed by atoms with E-state index in [2.05, 4.69) is 10.3 Å². The van der Waals surface area contributed by atoms with Crippen LogP contribution in [0.5, 0.6) is 0 Å². The van der Waals surface area contributed by atoms with Gasteiger partial charge in [-0.25, -0.2) is 9.67 Å². The zero-order chi connectivity index (χ0) is 21.9. The van der Waals surface area contributed by atoms with Gasteiger partial charge in [0.25, 0.3) is 5.91 Å². The van der Waals surface area contributed by atoms with Gasteiger partial charge in [0.15, 0.2) is 5.17 Å². The Morgan fingerprint density at radius 3 is 2.47 bits per heavy atom. The van der Waals surface area contributed by atoms with Crippen LogP contribution in [0.3, 0.4) is 0 Å². The Labute approximate surface area is 190 Å². The van der Waals surface area contributed by atoms with Crippen LogP contribution in [-0.4, -0.2) is 20.9 Å². The van der Waals surface area contributed by atoms with Crippen molar-refractivity contribution in [2.75, 3.05) is 0 Å². The molecule has 1 aromatic heterocycles. The second-order valence-electron chi connectivity index (χ2n) is 7.40. The molecule has 0 saturated carbocycles. The number of carbonyl (C=O) groups excluding carboxylic acids is 1. The minimum absolute atomic E-state index is 0.159. The zero-order valence-electron chi connectivity index (χ0n) is 17.4. The quantitative estimate of drug-likeness (QED) is 0.415. The van der Waals surface area contributed by atoms with E-state index in [0.717, 1.165) is 33.8 Å². The smallest absolute Gasteiger partial charge is 0.264 e. The Kier molecular flexibility index (Phi) is 5.44. The van der Waals surface area contributed by atoms with E-state index in [4.69, 9.17) is 5.10 Å². The number of aliphatic imine (C=N–C) groups is 1. The van der Waals surface area contributed by atoms with Crippen LogP contribution in [0.1, 0.15) is 11.1 Å². The van der Waals surface area contributed by atoms with Crippen molar-refractivity contribution in [3.05, 3.63) is 107 Å². The highest BCUT2D eigenvalue weighted by molar-refractivity contribution is 8.18. The molecule has 3 aromatic carbocycles. The topological polar surface area (TPSA) is 59.3 Å². The van der Waals surface area contributed by atoms with Gasteiger partial charge in [0.1, 0.15) is 0 Å². The predicted molar refractivity (Wildman–Crippen MR) is 131 cm³/mol. The standard InChI is InChI=1S/C26H20N4OS/c1-18-9-8-12-21(15-18)27-26-28-25(31)23(32-26)16-20-17-30(22-13-6-3-7-14-22)29-24(20)19-10-4-2-5-11-19/h2-17H,1H3,(H,27,28,31)/b23-16-. The molecule has 5 nitrogen and oxygen atoms in total. The summed E-state index contributed by atoms with van der Waals surface area (Å²) in [5, 5.41) is 8.26. The van der Waals surface area contributed by atoms with E-state index < -0.39 is 0 Å². The zero-order valence-corrected chi connectivity index (χ0v) is 18.2. The number of para-hydroxylation sites is 1. The molecule has 1 N–H and O–H groups in total. The number of thioether (sulfide) groups is 1. The maximum atomic E-state index is 12.7. The van der Waals surface area contributed by atoms with Crippen molar-refractivity contribution < 1.29 is 4.79 Å². The van der Waals surface area contributed by atoms with Gasteiger partial charge < -0.3 is 5.32 Å². The Bertz CT molecular complexity index is 1340. The molecular formula is C26H20N4OS. The van der Waals surface area contributed by atoms with Gasteiger partial charge in [-0.15, -0.1) is 0 Å². The molecule has 5 rings (SSSR count). The Hall–Kier alpha value is -3.90. The van der Waals surface area contributed by atoms with Gasteiger partial charge in [-0.3, -0.25) is 4.79 Å². The second-order valence-corrected chi connectivity index (χ2v) is 8.43. The highest BCUT2D eigenvalue weighted by Crippen LogP contribution is 2.31. The average Bonchev–Trinajstić information content (AvgIpc) is 3.38. The Balaban J connectivity index is 1.52.